The van der Waals surface area contributed by atoms with Gasteiger partial charge < -0.3 is 9.80 Å². The average molecular weight is 299 g/mol. The third-order valence-corrected chi connectivity index (χ3v) is 4.57. The van der Waals surface area contributed by atoms with Crippen LogP contribution in [0.1, 0.15) is 5.56 Å². The van der Waals surface area contributed by atoms with Gasteiger partial charge in [0.25, 0.3) is 0 Å². The van der Waals surface area contributed by atoms with E-state index in [-0.39, 0.29) is 5.82 Å². The average Bonchev–Trinajstić information content (AvgIpc) is 3.07. The van der Waals surface area contributed by atoms with Gasteiger partial charge in [0.05, 0.1) is 0 Å². The number of aryl methyl sites for hydroxylation is 1. The van der Waals surface area contributed by atoms with Crippen molar-refractivity contribution in [1.82, 2.24) is 15.0 Å². The van der Waals surface area contributed by atoms with Crippen molar-refractivity contribution in [2.45, 2.75) is 6.92 Å². The highest BCUT2D eigenvalue weighted by Crippen LogP contribution is 2.35. The number of fused-ring (bicyclic) bond motifs is 1. The van der Waals surface area contributed by atoms with Crippen LogP contribution in [0.2, 0.25) is 0 Å². The first-order valence-corrected chi connectivity index (χ1v) is 7.60. The van der Waals surface area contributed by atoms with Crippen LogP contribution in [-0.4, -0.2) is 41.1 Å². The van der Waals surface area contributed by atoms with Gasteiger partial charge >= 0.3 is 0 Å². The molecule has 2 aromatic rings. The van der Waals surface area contributed by atoms with Crippen LogP contribution in [0.5, 0.6) is 0 Å². The molecule has 0 amide bonds. The predicted molar refractivity (Wildman–Crippen MR) is 82.4 cm³/mol. The lowest BCUT2D eigenvalue weighted by Crippen LogP contribution is -2.30. The minimum Gasteiger partial charge on any atom is -0.353 e. The predicted octanol–water partition coefficient (Wildman–Crippen LogP) is 1.89. The van der Waals surface area contributed by atoms with Crippen molar-refractivity contribution in [3.05, 3.63) is 42.1 Å². The van der Waals surface area contributed by atoms with Crippen LogP contribution < -0.4 is 9.80 Å². The Kier molecular flexibility index (Phi) is 3.17. The van der Waals surface area contributed by atoms with Crippen molar-refractivity contribution in [1.29, 1.82) is 0 Å². The molecule has 22 heavy (non-hydrogen) atoms. The van der Waals surface area contributed by atoms with Crippen LogP contribution in [-0.2, 0) is 0 Å². The van der Waals surface area contributed by atoms with Crippen molar-refractivity contribution in [3.8, 4) is 0 Å². The van der Waals surface area contributed by atoms with Gasteiger partial charge in [-0.15, -0.1) is 0 Å². The van der Waals surface area contributed by atoms with E-state index >= 15 is 0 Å². The van der Waals surface area contributed by atoms with E-state index in [1.54, 1.807) is 12.3 Å². The summed E-state index contributed by atoms with van der Waals surface area (Å²) in [6.45, 7) is 5.54. The Hall–Kier alpha value is -2.24. The number of rotatable bonds is 2. The quantitative estimate of drug-likeness (QED) is 0.847. The lowest BCUT2D eigenvalue weighted by atomic mass is 10.0. The molecular formula is C16H18FN5. The van der Waals surface area contributed by atoms with Gasteiger partial charge in [-0.2, -0.15) is 0 Å². The van der Waals surface area contributed by atoms with E-state index in [4.69, 9.17) is 0 Å². The van der Waals surface area contributed by atoms with E-state index in [0.29, 0.717) is 17.7 Å². The maximum absolute atomic E-state index is 13.9. The van der Waals surface area contributed by atoms with Crippen LogP contribution in [0.15, 0.2) is 30.7 Å². The molecule has 0 radical (unpaired) electrons. The Morgan fingerprint density at radius 1 is 1.00 bits per heavy atom. The van der Waals surface area contributed by atoms with E-state index in [0.717, 1.165) is 37.7 Å². The number of anilines is 2. The molecule has 0 saturated carbocycles. The molecule has 2 aliphatic rings. The molecule has 2 fully saturated rings. The molecule has 2 saturated heterocycles. The summed E-state index contributed by atoms with van der Waals surface area (Å²) in [7, 11) is 0. The zero-order valence-corrected chi connectivity index (χ0v) is 12.5. The standard InChI is InChI=1S/C16H18FN5/c1-11-5-19-16(20-6-11)22-9-12-7-21(8-13(12)10-22)15-14(17)3-2-4-18-15/h2-6,12-13H,7-10H2,1H3. The first-order chi connectivity index (χ1) is 10.7. The topological polar surface area (TPSA) is 45.2 Å². The summed E-state index contributed by atoms with van der Waals surface area (Å²) >= 11 is 0. The number of halogens is 1. The third kappa shape index (κ3) is 2.28. The van der Waals surface area contributed by atoms with Crippen molar-refractivity contribution in [3.63, 3.8) is 0 Å². The Morgan fingerprint density at radius 3 is 2.27 bits per heavy atom. The molecule has 2 unspecified atom stereocenters. The smallest absolute Gasteiger partial charge is 0.225 e. The summed E-state index contributed by atoms with van der Waals surface area (Å²) in [5.41, 5.74) is 1.07. The van der Waals surface area contributed by atoms with E-state index < -0.39 is 0 Å². The van der Waals surface area contributed by atoms with E-state index in [2.05, 4.69) is 24.8 Å². The van der Waals surface area contributed by atoms with Crippen LogP contribution in [0.3, 0.4) is 0 Å². The fourth-order valence-corrected chi connectivity index (χ4v) is 3.49. The van der Waals surface area contributed by atoms with Gasteiger partial charge in [-0.25, -0.2) is 19.3 Å². The zero-order valence-electron chi connectivity index (χ0n) is 12.5. The number of hydrogen-bond donors (Lipinski definition) is 0. The second-order valence-electron chi connectivity index (χ2n) is 6.20. The Morgan fingerprint density at radius 2 is 1.64 bits per heavy atom. The number of nitrogens with zero attached hydrogens (tertiary/aromatic N) is 5. The van der Waals surface area contributed by atoms with E-state index in [9.17, 15) is 4.39 Å². The molecule has 0 aromatic carbocycles. The molecule has 2 aromatic heterocycles. The molecule has 4 heterocycles. The number of hydrogen-bond acceptors (Lipinski definition) is 5. The highest BCUT2D eigenvalue weighted by Gasteiger charge is 2.41. The molecule has 0 bridgehead atoms. The maximum Gasteiger partial charge on any atom is 0.225 e. The van der Waals surface area contributed by atoms with Crippen molar-refractivity contribution in [2.75, 3.05) is 36.0 Å². The molecule has 2 atom stereocenters. The summed E-state index contributed by atoms with van der Waals surface area (Å²) in [5, 5.41) is 0. The Balaban J connectivity index is 1.46. The Labute approximate surface area is 128 Å². The molecule has 114 valence electrons. The van der Waals surface area contributed by atoms with Crippen LogP contribution >= 0.6 is 0 Å². The summed E-state index contributed by atoms with van der Waals surface area (Å²) in [5.74, 6) is 2.09. The normalized spacial score (nSPS) is 23.9. The van der Waals surface area contributed by atoms with Crippen molar-refractivity contribution < 1.29 is 4.39 Å². The second-order valence-corrected chi connectivity index (χ2v) is 6.20. The molecule has 0 N–H and O–H groups in total. The van der Waals surface area contributed by atoms with Gasteiger partial charge in [-0.3, -0.25) is 0 Å². The molecule has 0 spiro atoms. The fraction of sp³-hybridized carbons (Fsp3) is 0.438. The van der Waals surface area contributed by atoms with Gasteiger partial charge in [-0.05, 0) is 24.6 Å². The van der Waals surface area contributed by atoms with Gasteiger partial charge in [0.2, 0.25) is 5.95 Å². The summed E-state index contributed by atoms with van der Waals surface area (Å²) in [6.07, 6.45) is 5.36. The number of aromatic nitrogens is 3. The highest BCUT2D eigenvalue weighted by molar-refractivity contribution is 5.43. The fourth-order valence-electron chi connectivity index (χ4n) is 3.49. The lowest BCUT2D eigenvalue weighted by molar-refractivity contribution is 0.533. The zero-order chi connectivity index (χ0) is 15.1. The summed E-state index contributed by atoms with van der Waals surface area (Å²) < 4.78 is 13.9. The second kappa shape index (κ2) is 5.19. The Bertz CT molecular complexity index is 660. The summed E-state index contributed by atoms with van der Waals surface area (Å²) in [4.78, 5) is 17.3. The minimum atomic E-state index is -0.235. The molecule has 6 heteroatoms. The van der Waals surface area contributed by atoms with Gasteiger partial charge in [-0.1, -0.05) is 0 Å². The molecule has 4 rings (SSSR count). The molecular weight excluding hydrogens is 281 g/mol. The van der Waals surface area contributed by atoms with Gasteiger partial charge in [0, 0.05) is 56.6 Å². The maximum atomic E-state index is 13.9. The highest BCUT2D eigenvalue weighted by atomic mass is 19.1. The third-order valence-electron chi connectivity index (χ3n) is 4.57. The van der Waals surface area contributed by atoms with E-state index in [1.165, 1.54) is 6.07 Å². The van der Waals surface area contributed by atoms with Gasteiger partial charge in [0.1, 0.15) is 0 Å². The van der Waals surface area contributed by atoms with Crippen molar-refractivity contribution >= 4 is 11.8 Å². The minimum absolute atomic E-state index is 0.235. The molecule has 5 nitrogen and oxygen atoms in total. The van der Waals surface area contributed by atoms with Crippen molar-refractivity contribution in [2.24, 2.45) is 11.8 Å². The van der Waals surface area contributed by atoms with Crippen LogP contribution in [0, 0.1) is 24.6 Å². The first-order valence-electron chi connectivity index (χ1n) is 7.60. The summed E-state index contributed by atoms with van der Waals surface area (Å²) in [6, 6.07) is 3.11. The molecule has 0 aliphatic carbocycles. The van der Waals surface area contributed by atoms with Crippen LogP contribution in [0.4, 0.5) is 16.2 Å². The van der Waals surface area contributed by atoms with E-state index in [1.807, 2.05) is 19.3 Å². The van der Waals surface area contributed by atoms with Crippen LogP contribution in [0.25, 0.3) is 0 Å². The lowest BCUT2D eigenvalue weighted by Gasteiger charge is -2.22. The monoisotopic (exact) mass is 299 g/mol. The first kappa shape index (κ1) is 13.4. The SMILES string of the molecule is Cc1cnc(N2CC3CN(c4ncccc4F)CC3C2)nc1. The van der Waals surface area contributed by atoms with Gasteiger partial charge in [0.15, 0.2) is 11.6 Å². The largest absolute Gasteiger partial charge is 0.353 e. The molecule has 2 aliphatic heterocycles. The number of pyridine rings is 1.